The van der Waals surface area contributed by atoms with E-state index in [1.807, 2.05) is 14.1 Å². The molecule has 0 aliphatic carbocycles. The molecule has 0 aliphatic rings. The molecule has 0 aliphatic heterocycles. The van der Waals surface area contributed by atoms with E-state index < -0.39 is 0 Å². The summed E-state index contributed by atoms with van der Waals surface area (Å²) in [6.45, 7) is 0. The van der Waals surface area contributed by atoms with Gasteiger partial charge in [0.15, 0.2) is 0 Å². The molecule has 2 aromatic rings. The Kier molecular flexibility index (Phi) is 4.46. The highest BCUT2D eigenvalue weighted by Gasteiger charge is 2.10. The van der Waals surface area contributed by atoms with E-state index >= 15 is 0 Å². The van der Waals surface area contributed by atoms with Gasteiger partial charge in [0.05, 0.1) is 12.8 Å². The fourth-order valence-corrected chi connectivity index (χ4v) is 1.82. The number of nitrogens with one attached hydrogen (secondary N) is 1. The zero-order chi connectivity index (χ0) is 14.7. The number of ether oxygens (including phenoxy) is 1. The minimum absolute atomic E-state index is 0.104. The second kappa shape index (κ2) is 6.11. The highest BCUT2D eigenvalue weighted by Crippen LogP contribution is 2.29. The van der Waals surface area contributed by atoms with Gasteiger partial charge in [0.1, 0.15) is 5.75 Å². The number of rotatable bonds is 4. The van der Waals surface area contributed by atoms with Gasteiger partial charge in [0.2, 0.25) is 17.2 Å². The van der Waals surface area contributed by atoms with E-state index in [9.17, 15) is 0 Å². The van der Waals surface area contributed by atoms with Gasteiger partial charge in [-0.2, -0.15) is 15.0 Å². The molecule has 8 heteroatoms. The molecule has 2 rings (SSSR count). The van der Waals surface area contributed by atoms with Gasteiger partial charge >= 0.3 is 0 Å². The van der Waals surface area contributed by atoms with E-state index in [0.717, 1.165) is 0 Å². The van der Waals surface area contributed by atoms with Gasteiger partial charge in [0.25, 0.3) is 0 Å². The summed E-state index contributed by atoms with van der Waals surface area (Å²) in [5.41, 5.74) is 0.645. The molecule has 6 nitrogen and oxygen atoms in total. The van der Waals surface area contributed by atoms with Crippen LogP contribution in [0.25, 0.3) is 0 Å². The number of halogens is 2. The maximum atomic E-state index is 5.97. The van der Waals surface area contributed by atoms with Crippen LogP contribution in [0, 0.1) is 0 Å². The highest BCUT2D eigenvalue weighted by atomic mass is 35.5. The zero-order valence-corrected chi connectivity index (χ0v) is 12.7. The third kappa shape index (κ3) is 3.40. The number of methoxy groups -OCH3 is 1. The van der Waals surface area contributed by atoms with Gasteiger partial charge in [-0.05, 0) is 29.8 Å². The van der Waals surface area contributed by atoms with E-state index in [0.29, 0.717) is 28.4 Å². The molecule has 0 saturated heterocycles. The molecule has 20 heavy (non-hydrogen) atoms. The molecular formula is C12H13Cl2N5O. The van der Waals surface area contributed by atoms with E-state index in [1.54, 1.807) is 30.2 Å². The van der Waals surface area contributed by atoms with Gasteiger partial charge in [-0.3, -0.25) is 0 Å². The van der Waals surface area contributed by atoms with Crippen molar-refractivity contribution in [3.63, 3.8) is 0 Å². The van der Waals surface area contributed by atoms with Crippen LogP contribution in [0.1, 0.15) is 0 Å². The predicted molar refractivity (Wildman–Crippen MR) is 80.5 cm³/mol. The number of anilines is 3. The fraction of sp³-hybridized carbons (Fsp3) is 0.250. The Morgan fingerprint density at radius 3 is 2.55 bits per heavy atom. The number of nitrogens with zero attached hydrogens (tertiary/aromatic N) is 4. The molecule has 0 amide bonds. The lowest BCUT2D eigenvalue weighted by molar-refractivity contribution is 0.417. The van der Waals surface area contributed by atoms with Crippen LogP contribution >= 0.6 is 23.2 Å². The van der Waals surface area contributed by atoms with Gasteiger partial charge in [-0.25, -0.2) is 0 Å². The van der Waals surface area contributed by atoms with Crippen LogP contribution < -0.4 is 15.0 Å². The van der Waals surface area contributed by atoms with E-state index in [-0.39, 0.29) is 5.28 Å². The first-order valence-electron chi connectivity index (χ1n) is 5.69. The summed E-state index contributed by atoms with van der Waals surface area (Å²) in [6.07, 6.45) is 0. The molecule has 0 bridgehead atoms. The van der Waals surface area contributed by atoms with Crippen molar-refractivity contribution in [2.45, 2.75) is 0 Å². The Labute approximate surface area is 126 Å². The third-order valence-corrected chi connectivity index (χ3v) is 2.81. The van der Waals surface area contributed by atoms with Crippen LogP contribution in [-0.4, -0.2) is 36.2 Å². The summed E-state index contributed by atoms with van der Waals surface area (Å²) >= 11 is 11.8. The van der Waals surface area contributed by atoms with Crippen molar-refractivity contribution in [2.75, 3.05) is 31.4 Å². The Bertz CT molecular complexity index is 621. The maximum absolute atomic E-state index is 5.97. The number of hydrogen-bond acceptors (Lipinski definition) is 6. The molecule has 0 unspecified atom stereocenters. The lowest BCUT2D eigenvalue weighted by Gasteiger charge is -2.13. The second-order valence-corrected chi connectivity index (χ2v) is 4.87. The largest absolute Gasteiger partial charge is 0.495 e. The van der Waals surface area contributed by atoms with Gasteiger partial charge in [-0.1, -0.05) is 11.6 Å². The summed E-state index contributed by atoms with van der Waals surface area (Å²) in [5.74, 6) is 1.39. The lowest BCUT2D eigenvalue weighted by atomic mass is 10.3. The van der Waals surface area contributed by atoms with Crippen molar-refractivity contribution in [3.8, 4) is 5.75 Å². The van der Waals surface area contributed by atoms with Crippen molar-refractivity contribution in [1.29, 1.82) is 0 Å². The Morgan fingerprint density at radius 1 is 1.15 bits per heavy atom. The average Bonchev–Trinajstić information content (AvgIpc) is 2.38. The van der Waals surface area contributed by atoms with Crippen LogP contribution in [-0.2, 0) is 0 Å². The molecule has 1 aromatic carbocycles. The first-order valence-corrected chi connectivity index (χ1v) is 6.44. The second-order valence-electron chi connectivity index (χ2n) is 4.09. The van der Waals surface area contributed by atoms with Gasteiger partial charge in [-0.15, -0.1) is 0 Å². The first kappa shape index (κ1) is 14.6. The van der Waals surface area contributed by atoms with Gasteiger partial charge < -0.3 is 15.0 Å². The normalized spacial score (nSPS) is 10.2. The van der Waals surface area contributed by atoms with Crippen molar-refractivity contribution < 1.29 is 4.74 Å². The Hall–Kier alpha value is -1.79. The molecule has 0 radical (unpaired) electrons. The molecule has 0 spiro atoms. The minimum Gasteiger partial charge on any atom is -0.495 e. The van der Waals surface area contributed by atoms with Crippen LogP contribution in [0.2, 0.25) is 10.3 Å². The number of hydrogen-bond donors (Lipinski definition) is 1. The third-order valence-electron chi connectivity index (χ3n) is 2.40. The molecular weight excluding hydrogens is 301 g/mol. The molecule has 0 fully saturated rings. The van der Waals surface area contributed by atoms with Crippen molar-refractivity contribution >= 4 is 40.8 Å². The predicted octanol–water partition coefficient (Wildman–Crippen LogP) is 3.00. The Balaban J connectivity index is 2.37. The monoisotopic (exact) mass is 313 g/mol. The zero-order valence-electron chi connectivity index (χ0n) is 11.2. The average molecular weight is 314 g/mol. The van der Waals surface area contributed by atoms with Crippen LogP contribution in [0.3, 0.4) is 0 Å². The van der Waals surface area contributed by atoms with Crippen molar-refractivity contribution in [2.24, 2.45) is 0 Å². The summed E-state index contributed by atoms with van der Waals surface area (Å²) in [5, 5.41) is 3.69. The number of benzene rings is 1. The smallest absolute Gasteiger partial charge is 0.233 e. The van der Waals surface area contributed by atoms with Crippen molar-refractivity contribution in [3.05, 3.63) is 28.5 Å². The summed E-state index contributed by atoms with van der Waals surface area (Å²) in [6, 6.07) is 5.20. The SMILES string of the molecule is COc1ccc(Cl)cc1Nc1nc(Cl)nc(N(C)C)n1. The number of aromatic nitrogens is 3. The van der Waals surface area contributed by atoms with Crippen LogP contribution in [0.4, 0.5) is 17.6 Å². The summed E-state index contributed by atoms with van der Waals surface area (Å²) < 4.78 is 5.24. The standard InChI is InChI=1S/C12H13Cl2N5O/c1-19(2)12-17-10(14)16-11(18-12)15-8-6-7(13)4-5-9(8)20-3/h4-6H,1-3H3,(H,15,16,17,18). The Morgan fingerprint density at radius 2 is 1.90 bits per heavy atom. The summed E-state index contributed by atoms with van der Waals surface area (Å²) in [7, 11) is 5.20. The molecule has 1 N–H and O–H groups in total. The van der Waals surface area contributed by atoms with Crippen LogP contribution in [0.15, 0.2) is 18.2 Å². The fourth-order valence-electron chi connectivity index (χ4n) is 1.49. The minimum atomic E-state index is 0.104. The van der Waals surface area contributed by atoms with Crippen molar-refractivity contribution in [1.82, 2.24) is 15.0 Å². The molecule has 1 aromatic heterocycles. The first-order chi connectivity index (χ1) is 9.49. The van der Waals surface area contributed by atoms with E-state index in [4.69, 9.17) is 27.9 Å². The molecule has 1 heterocycles. The summed E-state index contributed by atoms with van der Waals surface area (Å²) in [4.78, 5) is 14.0. The molecule has 0 atom stereocenters. The van der Waals surface area contributed by atoms with E-state index in [2.05, 4.69) is 20.3 Å². The van der Waals surface area contributed by atoms with Crippen LogP contribution in [0.5, 0.6) is 5.75 Å². The lowest BCUT2D eigenvalue weighted by Crippen LogP contribution is -2.14. The maximum Gasteiger partial charge on any atom is 0.233 e. The highest BCUT2D eigenvalue weighted by molar-refractivity contribution is 6.31. The quantitative estimate of drug-likeness (QED) is 0.936. The van der Waals surface area contributed by atoms with Gasteiger partial charge in [0, 0.05) is 19.1 Å². The molecule has 106 valence electrons. The molecule has 0 saturated carbocycles. The topological polar surface area (TPSA) is 63.2 Å². The van der Waals surface area contributed by atoms with E-state index in [1.165, 1.54) is 0 Å².